The summed E-state index contributed by atoms with van der Waals surface area (Å²) in [4.78, 5) is 4.27. The van der Waals surface area contributed by atoms with E-state index in [0.717, 1.165) is 16.5 Å². The minimum Gasteiger partial charge on any atom is -0.491 e. The number of pyridine rings is 1. The highest BCUT2D eigenvalue weighted by Gasteiger charge is 2.09. The largest absolute Gasteiger partial charge is 0.491 e. The normalized spacial score (nSPS) is 10.4. The number of rotatable bonds is 5. The van der Waals surface area contributed by atoms with Gasteiger partial charge in [-0.05, 0) is 30.7 Å². The van der Waals surface area contributed by atoms with E-state index in [-0.39, 0.29) is 5.75 Å². The monoisotopic (exact) mass is 321 g/mol. The maximum absolute atomic E-state index is 13.9. The predicted octanol–water partition coefficient (Wildman–Crippen LogP) is 4.26. The molecule has 0 atom stereocenters. The van der Waals surface area contributed by atoms with Gasteiger partial charge >= 0.3 is 0 Å². The summed E-state index contributed by atoms with van der Waals surface area (Å²) in [6, 6.07) is 14.6. The quantitative estimate of drug-likeness (QED) is 0.763. The number of nitrogens with zero attached hydrogens (tertiary/aromatic N) is 2. The van der Waals surface area contributed by atoms with Crippen molar-refractivity contribution in [2.45, 2.75) is 13.5 Å². The van der Waals surface area contributed by atoms with Gasteiger partial charge in [0.15, 0.2) is 11.6 Å². The number of nitriles is 1. The maximum Gasteiger partial charge on any atom is 0.165 e. The first-order chi connectivity index (χ1) is 11.7. The van der Waals surface area contributed by atoms with Crippen LogP contribution in [0.5, 0.6) is 5.75 Å². The van der Waals surface area contributed by atoms with Gasteiger partial charge in [-0.3, -0.25) is 4.98 Å². The highest BCUT2D eigenvalue weighted by Crippen LogP contribution is 2.26. The van der Waals surface area contributed by atoms with Crippen LogP contribution < -0.4 is 10.1 Å². The fourth-order valence-corrected chi connectivity index (χ4v) is 2.53. The molecule has 0 aliphatic carbocycles. The zero-order chi connectivity index (χ0) is 16.9. The topological polar surface area (TPSA) is 57.9 Å². The van der Waals surface area contributed by atoms with Gasteiger partial charge in [0.2, 0.25) is 0 Å². The van der Waals surface area contributed by atoms with Crippen LogP contribution in [0.25, 0.3) is 10.9 Å². The molecule has 0 bridgehead atoms. The Bertz CT molecular complexity index is 918. The second-order valence-corrected chi connectivity index (χ2v) is 5.23. The third kappa shape index (κ3) is 3.13. The lowest BCUT2D eigenvalue weighted by molar-refractivity contribution is 0.321. The van der Waals surface area contributed by atoms with Crippen molar-refractivity contribution < 1.29 is 9.13 Å². The Morgan fingerprint density at radius 3 is 2.83 bits per heavy atom. The Balaban J connectivity index is 1.88. The zero-order valence-electron chi connectivity index (χ0n) is 13.2. The van der Waals surface area contributed by atoms with Crippen LogP contribution in [0, 0.1) is 17.1 Å². The van der Waals surface area contributed by atoms with E-state index in [2.05, 4.69) is 16.4 Å². The summed E-state index contributed by atoms with van der Waals surface area (Å²) in [6.45, 7) is 2.63. The van der Waals surface area contributed by atoms with E-state index in [1.54, 1.807) is 18.3 Å². The standard InChI is InChI=1S/C19H16FN3O/c1-2-24-18-8-7-13(9-16(18)20)11-23-19-14(10-21)12-22-17-6-4-3-5-15(17)19/h3-9,12H,2,11H2,1H3,(H,22,23). The molecule has 2 aromatic carbocycles. The summed E-state index contributed by atoms with van der Waals surface area (Å²) >= 11 is 0. The Kier molecular flexibility index (Phi) is 4.57. The van der Waals surface area contributed by atoms with Crippen molar-refractivity contribution in [3.05, 3.63) is 65.6 Å². The predicted molar refractivity (Wildman–Crippen MR) is 91.4 cm³/mol. The minimum atomic E-state index is -0.392. The lowest BCUT2D eigenvalue weighted by Gasteiger charge is -2.12. The molecule has 0 unspecified atom stereocenters. The summed E-state index contributed by atoms with van der Waals surface area (Å²) in [7, 11) is 0. The molecule has 1 aromatic heterocycles. The summed E-state index contributed by atoms with van der Waals surface area (Å²) in [5.74, 6) is -0.149. The smallest absolute Gasteiger partial charge is 0.165 e. The Morgan fingerprint density at radius 2 is 2.08 bits per heavy atom. The number of para-hydroxylation sites is 1. The van der Waals surface area contributed by atoms with Gasteiger partial charge in [0, 0.05) is 18.1 Å². The molecule has 0 aliphatic rings. The highest BCUT2D eigenvalue weighted by atomic mass is 19.1. The van der Waals surface area contributed by atoms with Gasteiger partial charge in [-0.2, -0.15) is 5.26 Å². The molecule has 0 saturated heterocycles. The molecule has 3 rings (SSSR count). The van der Waals surface area contributed by atoms with Gasteiger partial charge in [0.1, 0.15) is 6.07 Å². The number of halogens is 1. The van der Waals surface area contributed by atoms with Crippen LogP contribution in [0.2, 0.25) is 0 Å². The number of aromatic nitrogens is 1. The first-order valence-corrected chi connectivity index (χ1v) is 7.66. The SMILES string of the molecule is CCOc1ccc(CNc2c(C#N)cnc3ccccc23)cc1F. The molecule has 5 heteroatoms. The average molecular weight is 321 g/mol. The average Bonchev–Trinajstić information content (AvgIpc) is 2.61. The molecule has 0 fully saturated rings. The van der Waals surface area contributed by atoms with E-state index in [4.69, 9.17) is 4.74 Å². The van der Waals surface area contributed by atoms with Crippen LogP contribution in [0.15, 0.2) is 48.7 Å². The van der Waals surface area contributed by atoms with E-state index >= 15 is 0 Å². The zero-order valence-corrected chi connectivity index (χ0v) is 13.2. The number of fused-ring (bicyclic) bond motifs is 1. The third-order valence-electron chi connectivity index (χ3n) is 3.66. The molecule has 24 heavy (non-hydrogen) atoms. The van der Waals surface area contributed by atoms with Crippen LogP contribution in [0.3, 0.4) is 0 Å². The molecule has 0 spiro atoms. The number of ether oxygens (including phenoxy) is 1. The molecule has 1 N–H and O–H groups in total. The van der Waals surface area contributed by atoms with Crippen LogP contribution in [-0.2, 0) is 6.54 Å². The fraction of sp³-hybridized carbons (Fsp3) is 0.158. The van der Waals surface area contributed by atoms with Crippen molar-refractivity contribution in [2.75, 3.05) is 11.9 Å². The van der Waals surface area contributed by atoms with Crippen LogP contribution in [0.4, 0.5) is 10.1 Å². The molecule has 1 heterocycles. The second kappa shape index (κ2) is 6.97. The molecule has 3 aromatic rings. The number of anilines is 1. The fourth-order valence-electron chi connectivity index (χ4n) is 2.53. The molecule has 4 nitrogen and oxygen atoms in total. The van der Waals surface area contributed by atoms with Crippen molar-refractivity contribution >= 4 is 16.6 Å². The van der Waals surface area contributed by atoms with Crippen molar-refractivity contribution in [1.82, 2.24) is 4.98 Å². The van der Waals surface area contributed by atoms with E-state index in [9.17, 15) is 9.65 Å². The van der Waals surface area contributed by atoms with E-state index in [1.807, 2.05) is 31.2 Å². The van der Waals surface area contributed by atoms with Crippen LogP contribution >= 0.6 is 0 Å². The number of nitrogens with one attached hydrogen (secondary N) is 1. The molecule has 0 saturated carbocycles. The minimum absolute atomic E-state index is 0.244. The summed E-state index contributed by atoms with van der Waals surface area (Å²) in [6.07, 6.45) is 1.55. The van der Waals surface area contributed by atoms with Crippen molar-refractivity contribution in [3.8, 4) is 11.8 Å². The number of benzene rings is 2. The molecule has 0 amide bonds. The van der Waals surface area contributed by atoms with Gasteiger partial charge in [0.05, 0.1) is 23.4 Å². The van der Waals surface area contributed by atoms with Gasteiger partial charge in [0.25, 0.3) is 0 Å². The van der Waals surface area contributed by atoms with E-state index in [1.165, 1.54) is 6.07 Å². The molecule has 120 valence electrons. The second-order valence-electron chi connectivity index (χ2n) is 5.23. The summed E-state index contributed by atoms with van der Waals surface area (Å²) < 4.78 is 19.1. The first-order valence-electron chi connectivity index (χ1n) is 7.66. The number of hydrogen-bond donors (Lipinski definition) is 1. The molecule has 0 aliphatic heterocycles. The Hall–Kier alpha value is -3.13. The first kappa shape index (κ1) is 15.8. The maximum atomic E-state index is 13.9. The van der Waals surface area contributed by atoms with E-state index < -0.39 is 5.82 Å². The van der Waals surface area contributed by atoms with E-state index in [0.29, 0.717) is 24.4 Å². The third-order valence-corrected chi connectivity index (χ3v) is 3.66. The van der Waals surface area contributed by atoms with Crippen molar-refractivity contribution in [1.29, 1.82) is 5.26 Å². The van der Waals surface area contributed by atoms with Crippen LogP contribution in [0.1, 0.15) is 18.1 Å². The highest BCUT2D eigenvalue weighted by molar-refractivity contribution is 5.93. The Labute approximate surface area is 139 Å². The lowest BCUT2D eigenvalue weighted by atomic mass is 10.1. The van der Waals surface area contributed by atoms with Gasteiger partial charge in [-0.25, -0.2) is 4.39 Å². The van der Waals surface area contributed by atoms with Gasteiger partial charge < -0.3 is 10.1 Å². The number of hydrogen-bond acceptors (Lipinski definition) is 4. The molecular weight excluding hydrogens is 305 g/mol. The summed E-state index contributed by atoms with van der Waals surface area (Å²) in [5, 5.41) is 13.4. The van der Waals surface area contributed by atoms with Crippen LogP contribution in [-0.4, -0.2) is 11.6 Å². The van der Waals surface area contributed by atoms with Crippen molar-refractivity contribution in [2.24, 2.45) is 0 Å². The Morgan fingerprint density at radius 1 is 1.25 bits per heavy atom. The summed E-state index contributed by atoms with van der Waals surface area (Å²) in [5.41, 5.74) is 2.73. The van der Waals surface area contributed by atoms with Gasteiger partial charge in [-0.1, -0.05) is 24.3 Å². The molecule has 0 radical (unpaired) electrons. The lowest BCUT2D eigenvalue weighted by Crippen LogP contribution is -2.04. The molecular formula is C19H16FN3O. The van der Waals surface area contributed by atoms with Crippen molar-refractivity contribution in [3.63, 3.8) is 0 Å². The van der Waals surface area contributed by atoms with Gasteiger partial charge in [-0.15, -0.1) is 0 Å².